The first kappa shape index (κ1) is 29.5. The minimum absolute atomic E-state index is 0.0417. The van der Waals surface area contributed by atoms with Gasteiger partial charge in [0.05, 0.1) is 23.5 Å². The van der Waals surface area contributed by atoms with Crippen molar-refractivity contribution in [3.05, 3.63) is 76.9 Å². The Morgan fingerprint density at radius 3 is 2.39 bits per heavy atom. The molecule has 1 unspecified atom stereocenters. The Morgan fingerprint density at radius 2 is 1.79 bits per heavy atom. The molecule has 0 saturated carbocycles. The third-order valence-corrected chi connectivity index (χ3v) is 7.30. The van der Waals surface area contributed by atoms with E-state index in [-0.39, 0.29) is 11.8 Å². The summed E-state index contributed by atoms with van der Waals surface area (Å²) in [5, 5.41) is 12.7. The maximum Gasteiger partial charge on any atom is 0.336 e. The molecule has 1 atom stereocenters. The number of imidazole rings is 1. The predicted molar refractivity (Wildman–Crippen MR) is 157 cm³/mol. The van der Waals surface area contributed by atoms with Gasteiger partial charge in [0, 0.05) is 24.6 Å². The number of benzene rings is 2. The van der Waals surface area contributed by atoms with Crippen LogP contribution < -0.4 is 5.32 Å². The minimum atomic E-state index is -0.934. The van der Waals surface area contributed by atoms with Crippen molar-refractivity contribution in [2.24, 2.45) is 11.8 Å². The van der Waals surface area contributed by atoms with Crippen LogP contribution in [-0.2, 0) is 30.7 Å². The summed E-state index contributed by atoms with van der Waals surface area (Å²) >= 11 is 4.42. The highest BCUT2D eigenvalue weighted by Gasteiger charge is 2.21. The molecule has 0 radical (unpaired) electrons. The second-order valence-corrected chi connectivity index (χ2v) is 10.6. The fraction of sp³-hybridized carbons (Fsp3) is 0.452. The number of carbonyl (C=O) groups is 2. The molecule has 0 aliphatic heterocycles. The SMILES string of the molecule is CCCCc1nc(CC)c(CNC(=O)C(CS)CC(C)C)n1Cc1ccc(-c2ccccc2C(=O)O)cc1. The molecule has 2 aromatic carbocycles. The molecule has 0 bridgehead atoms. The van der Waals surface area contributed by atoms with E-state index in [1.807, 2.05) is 36.4 Å². The van der Waals surface area contributed by atoms with Crippen LogP contribution in [0.4, 0.5) is 0 Å². The molecule has 3 rings (SSSR count). The highest BCUT2D eigenvalue weighted by Crippen LogP contribution is 2.25. The second kappa shape index (κ2) is 14.2. The van der Waals surface area contributed by atoms with Gasteiger partial charge in [-0.2, -0.15) is 12.6 Å². The topological polar surface area (TPSA) is 84.2 Å². The molecule has 38 heavy (non-hydrogen) atoms. The van der Waals surface area contributed by atoms with Gasteiger partial charge in [0.15, 0.2) is 0 Å². The van der Waals surface area contributed by atoms with Crippen molar-refractivity contribution < 1.29 is 14.7 Å². The Balaban J connectivity index is 1.88. The molecule has 6 nitrogen and oxygen atoms in total. The Labute approximate surface area is 232 Å². The minimum Gasteiger partial charge on any atom is -0.478 e. The third kappa shape index (κ3) is 7.50. The molecule has 0 fully saturated rings. The average molecular weight is 536 g/mol. The van der Waals surface area contributed by atoms with Crippen LogP contribution in [0, 0.1) is 11.8 Å². The number of carboxylic acids is 1. The van der Waals surface area contributed by atoms with Crippen LogP contribution in [0.5, 0.6) is 0 Å². The summed E-state index contributed by atoms with van der Waals surface area (Å²) in [4.78, 5) is 29.6. The zero-order chi connectivity index (χ0) is 27.7. The first-order valence-electron chi connectivity index (χ1n) is 13.7. The summed E-state index contributed by atoms with van der Waals surface area (Å²) in [5.74, 6) is 1.00. The highest BCUT2D eigenvalue weighted by molar-refractivity contribution is 7.80. The van der Waals surface area contributed by atoms with E-state index in [4.69, 9.17) is 4.98 Å². The monoisotopic (exact) mass is 535 g/mol. The van der Waals surface area contributed by atoms with Crippen LogP contribution in [0.1, 0.15) is 80.1 Å². The summed E-state index contributed by atoms with van der Waals surface area (Å²) in [6.07, 6.45) is 4.62. The van der Waals surface area contributed by atoms with Gasteiger partial charge in [-0.15, -0.1) is 0 Å². The molecule has 1 aromatic heterocycles. The van der Waals surface area contributed by atoms with Crippen LogP contribution in [0.2, 0.25) is 0 Å². The second-order valence-electron chi connectivity index (χ2n) is 10.2. The lowest BCUT2D eigenvalue weighted by Gasteiger charge is -2.18. The van der Waals surface area contributed by atoms with Gasteiger partial charge in [-0.1, -0.05) is 76.6 Å². The van der Waals surface area contributed by atoms with Crippen LogP contribution in [0.15, 0.2) is 48.5 Å². The molecular formula is C31H41N3O3S. The number of unbranched alkanes of at least 4 members (excludes halogenated alkanes) is 1. The van der Waals surface area contributed by atoms with Crippen molar-refractivity contribution in [1.29, 1.82) is 0 Å². The number of aromatic carboxylic acids is 1. The number of carboxylic acid groups (broad SMARTS) is 1. The molecule has 1 amide bonds. The van der Waals surface area contributed by atoms with Crippen LogP contribution >= 0.6 is 12.6 Å². The molecular weight excluding hydrogens is 494 g/mol. The van der Waals surface area contributed by atoms with Gasteiger partial charge in [-0.05, 0) is 47.9 Å². The van der Waals surface area contributed by atoms with Crippen molar-refractivity contribution in [2.45, 2.75) is 72.9 Å². The average Bonchev–Trinajstić information content (AvgIpc) is 3.25. The van der Waals surface area contributed by atoms with E-state index in [0.717, 1.165) is 60.4 Å². The van der Waals surface area contributed by atoms with Crippen LogP contribution in [0.3, 0.4) is 0 Å². The molecule has 0 spiro atoms. The smallest absolute Gasteiger partial charge is 0.336 e. The highest BCUT2D eigenvalue weighted by atomic mass is 32.1. The first-order valence-corrected chi connectivity index (χ1v) is 14.3. The van der Waals surface area contributed by atoms with E-state index in [2.05, 4.69) is 50.2 Å². The molecule has 0 saturated heterocycles. The standard InChI is InChI=1S/C31H41N3O3S/c1-5-7-12-29-33-27(6-2)28(18-32-30(35)24(20-38)17-21(3)4)34(29)19-22-13-15-23(16-14-22)25-10-8-9-11-26(25)31(36)37/h8-11,13-16,21,24,38H,5-7,12,17-20H2,1-4H3,(H,32,35)(H,36,37). The fourth-order valence-corrected chi connectivity index (χ4v) is 5.14. The van der Waals surface area contributed by atoms with E-state index in [9.17, 15) is 14.7 Å². The van der Waals surface area contributed by atoms with Gasteiger partial charge in [-0.3, -0.25) is 4.79 Å². The van der Waals surface area contributed by atoms with Crippen molar-refractivity contribution in [2.75, 3.05) is 5.75 Å². The van der Waals surface area contributed by atoms with Crippen LogP contribution in [-0.4, -0.2) is 32.3 Å². The number of nitrogens with one attached hydrogen (secondary N) is 1. The normalized spacial score (nSPS) is 12.1. The molecule has 0 aliphatic rings. The Hall–Kier alpha value is -3.06. The Bertz CT molecular complexity index is 1220. The molecule has 0 aliphatic carbocycles. The van der Waals surface area contributed by atoms with Crippen molar-refractivity contribution in [3.63, 3.8) is 0 Å². The van der Waals surface area contributed by atoms with Gasteiger partial charge in [-0.25, -0.2) is 9.78 Å². The number of thiol groups is 1. The lowest BCUT2D eigenvalue weighted by molar-refractivity contribution is -0.124. The van der Waals surface area contributed by atoms with Gasteiger partial charge in [0.1, 0.15) is 5.82 Å². The number of nitrogens with zero attached hydrogens (tertiary/aromatic N) is 2. The molecule has 1 heterocycles. The maximum atomic E-state index is 12.9. The summed E-state index contributed by atoms with van der Waals surface area (Å²) in [6.45, 7) is 9.60. The number of aromatic nitrogens is 2. The van der Waals surface area contributed by atoms with Crippen molar-refractivity contribution in [1.82, 2.24) is 14.9 Å². The molecule has 2 N–H and O–H groups in total. The Kier molecular flexibility index (Phi) is 11.0. The van der Waals surface area contributed by atoms with E-state index in [1.54, 1.807) is 12.1 Å². The van der Waals surface area contributed by atoms with E-state index >= 15 is 0 Å². The number of aryl methyl sites for hydroxylation is 2. The van der Waals surface area contributed by atoms with Crippen molar-refractivity contribution >= 4 is 24.5 Å². The van der Waals surface area contributed by atoms with E-state index in [1.165, 1.54) is 0 Å². The molecule has 204 valence electrons. The van der Waals surface area contributed by atoms with E-state index in [0.29, 0.717) is 35.9 Å². The summed E-state index contributed by atoms with van der Waals surface area (Å²) in [6, 6.07) is 15.1. The van der Waals surface area contributed by atoms with Gasteiger partial charge < -0.3 is 15.0 Å². The Morgan fingerprint density at radius 1 is 1.08 bits per heavy atom. The van der Waals surface area contributed by atoms with Crippen LogP contribution in [0.25, 0.3) is 11.1 Å². The predicted octanol–water partition coefficient (Wildman–Crippen LogP) is 6.41. The summed E-state index contributed by atoms with van der Waals surface area (Å²) < 4.78 is 2.26. The summed E-state index contributed by atoms with van der Waals surface area (Å²) in [5.41, 5.74) is 5.03. The first-order chi connectivity index (χ1) is 18.3. The fourth-order valence-electron chi connectivity index (χ4n) is 4.83. The number of amides is 1. The third-order valence-electron chi connectivity index (χ3n) is 6.86. The lowest BCUT2D eigenvalue weighted by atomic mass is 9.98. The number of hydrogen-bond donors (Lipinski definition) is 3. The number of hydrogen-bond acceptors (Lipinski definition) is 4. The largest absolute Gasteiger partial charge is 0.478 e. The zero-order valence-electron chi connectivity index (χ0n) is 23.0. The number of rotatable bonds is 14. The lowest BCUT2D eigenvalue weighted by Crippen LogP contribution is -2.33. The van der Waals surface area contributed by atoms with Gasteiger partial charge in [0.25, 0.3) is 0 Å². The van der Waals surface area contributed by atoms with Gasteiger partial charge >= 0.3 is 5.97 Å². The maximum absolute atomic E-state index is 12.9. The summed E-state index contributed by atoms with van der Waals surface area (Å²) in [7, 11) is 0. The van der Waals surface area contributed by atoms with Crippen molar-refractivity contribution in [3.8, 4) is 11.1 Å². The molecule has 7 heteroatoms. The number of carbonyl (C=O) groups excluding carboxylic acids is 1. The quantitative estimate of drug-likeness (QED) is 0.208. The van der Waals surface area contributed by atoms with E-state index < -0.39 is 5.97 Å². The zero-order valence-corrected chi connectivity index (χ0v) is 23.9. The van der Waals surface area contributed by atoms with Gasteiger partial charge in [0.2, 0.25) is 5.91 Å². The molecule has 3 aromatic rings.